The second-order valence-corrected chi connectivity index (χ2v) is 8.99. The van der Waals surface area contributed by atoms with E-state index in [1.54, 1.807) is 22.5 Å². The van der Waals surface area contributed by atoms with Crippen LogP contribution in [0, 0.1) is 0 Å². The minimum atomic E-state index is -3.54. The molecule has 0 radical (unpaired) electrons. The fourth-order valence-electron chi connectivity index (χ4n) is 3.30. The SMILES string of the molecule is O=S(=O)(c1cccc2nsnc12)N1CC[NH+](C/C=C/c2ccccc2)CC1. The molecule has 8 heteroatoms. The number of nitrogens with one attached hydrogen (secondary N) is 1. The molecule has 1 aliphatic rings. The van der Waals surface area contributed by atoms with Crippen LogP contribution in [0.2, 0.25) is 0 Å². The second-order valence-electron chi connectivity index (χ2n) is 6.56. The molecule has 0 aliphatic carbocycles. The van der Waals surface area contributed by atoms with E-state index in [1.807, 2.05) is 18.2 Å². The Morgan fingerprint density at radius 3 is 2.59 bits per heavy atom. The van der Waals surface area contributed by atoms with Gasteiger partial charge in [-0.25, -0.2) is 8.42 Å². The molecule has 0 bridgehead atoms. The number of piperazine rings is 1. The Morgan fingerprint density at radius 1 is 1.04 bits per heavy atom. The predicted octanol–water partition coefficient (Wildman–Crippen LogP) is 1.29. The van der Waals surface area contributed by atoms with Gasteiger partial charge in [0.2, 0.25) is 10.0 Å². The molecule has 27 heavy (non-hydrogen) atoms. The topological polar surface area (TPSA) is 67.6 Å². The summed E-state index contributed by atoms with van der Waals surface area (Å²) >= 11 is 1.04. The highest BCUT2D eigenvalue weighted by molar-refractivity contribution is 7.89. The van der Waals surface area contributed by atoms with Crippen LogP contribution in [0.4, 0.5) is 0 Å². The summed E-state index contributed by atoms with van der Waals surface area (Å²) in [6, 6.07) is 15.3. The Kier molecular flexibility index (Phi) is 5.31. The zero-order chi connectivity index (χ0) is 18.7. The Balaban J connectivity index is 1.40. The van der Waals surface area contributed by atoms with Crippen LogP contribution in [0.25, 0.3) is 17.1 Å². The molecule has 1 aromatic heterocycles. The highest BCUT2D eigenvalue weighted by Gasteiger charge is 2.31. The van der Waals surface area contributed by atoms with Crippen molar-refractivity contribution in [2.45, 2.75) is 4.90 Å². The molecule has 0 amide bonds. The molecule has 4 rings (SSSR count). The summed E-state index contributed by atoms with van der Waals surface area (Å²) in [4.78, 5) is 1.66. The van der Waals surface area contributed by atoms with Gasteiger partial charge in [0.15, 0.2) is 0 Å². The van der Waals surface area contributed by atoms with Crippen molar-refractivity contribution < 1.29 is 13.3 Å². The van der Waals surface area contributed by atoms with E-state index in [0.29, 0.717) is 24.1 Å². The van der Waals surface area contributed by atoms with Gasteiger partial charge >= 0.3 is 0 Å². The summed E-state index contributed by atoms with van der Waals surface area (Å²) in [7, 11) is -3.54. The van der Waals surface area contributed by atoms with Crippen LogP contribution in [-0.2, 0) is 10.0 Å². The first-order valence-corrected chi connectivity index (χ1v) is 11.1. The normalized spacial score (nSPS) is 17.0. The van der Waals surface area contributed by atoms with Crippen molar-refractivity contribution in [2.24, 2.45) is 0 Å². The van der Waals surface area contributed by atoms with Crippen molar-refractivity contribution in [3.63, 3.8) is 0 Å². The monoisotopic (exact) mass is 401 g/mol. The minimum Gasteiger partial charge on any atom is -0.329 e. The number of nitrogens with zero attached hydrogens (tertiary/aromatic N) is 3. The van der Waals surface area contributed by atoms with E-state index in [-0.39, 0.29) is 4.90 Å². The maximum Gasteiger partial charge on any atom is 0.245 e. The van der Waals surface area contributed by atoms with Crippen molar-refractivity contribution in [3.05, 3.63) is 60.2 Å². The standard InChI is InChI=1S/C19H20N4O2S2/c24-27(25,18-10-4-9-17-19(18)21-26-20-17)23-14-12-22(13-15-23)11-5-8-16-6-2-1-3-7-16/h1-10H,11-15H2/p+1/b8-5+. The van der Waals surface area contributed by atoms with Crippen molar-refractivity contribution in [2.75, 3.05) is 32.7 Å². The van der Waals surface area contributed by atoms with Crippen molar-refractivity contribution in [1.29, 1.82) is 0 Å². The smallest absolute Gasteiger partial charge is 0.245 e. The maximum absolute atomic E-state index is 13.0. The minimum absolute atomic E-state index is 0.265. The van der Waals surface area contributed by atoms with Crippen LogP contribution in [0.3, 0.4) is 0 Å². The number of hydrogen-bond donors (Lipinski definition) is 1. The average molecular weight is 402 g/mol. The first kappa shape index (κ1) is 18.2. The van der Waals surface area contributed by atoms with Crippen LogP contribution < -0.4 is 4.90 Å². The van der Waals surface area contributed by atoms with E-state index in [2.05, 4.69) is 33.0 Å². The number of aromatic nitrogens is 2. The van der Waals surface area contributed by atoms with Gasteiger partial charge in [-0.2, -0.15) is 13.1 Å². The van der Waals surface area contributed by atoms with E-state index < -0.39 is 10.0 Å². The lowest BCUT2D eigenvalue weighted by Crippen LogP contribution is -3.14. The molecule has 1 N–H and O–H groups in total. The van der Waals surface area contributed by atoms with Gasteiger partial charge in [0, 0.05) is 0 Å². The van der Waals surface area contributed by atoms with Gasteiger partial charge in [0.25, 0.3) is 0 Å². The third kappa shape index (κ3) is 3.93. The van der Waals surface area contributed by atoms with Gasteiger partial charge in [-0.1, -0.05) is 42.5 Å². The summed E-state index contributed by atoms with van der Waals surface area (Å²) in [5.74, 6) is 0. The third-order valence-corrected chi connectivity index (χ3v) is 7.29. The molecule has 1 fully saturated rings. The zero-order valence-corrected chi connectivity index (χ0v) is 16.4. The highest BCUT2D eigenvalue weighted by atomic mass is 32.2. The molecule has 0 atom stereocenters. The van der Waals surface area contributed by atoms with Crippen LogP contribution in [0.5, 0.6) is 0 Å². The van der Waals surface area contributed by atoms with Crippen molar-refractivity contribution in [1.82, 2.24) is 13.1 Å². The quantitative estimate of drug-likeness (QED) is 0.700. The van der Waals surface area contributed by atoms with Gasteiger partial charge in [-0.3, -0.25) is 0 Å². The Bertz CT molecular complexity index is 1040. The molecule has 0 unspecified atom stereocenters. The number of quaternary nitrogens is 1. The van der Waals surface area contributed by atoms with Gasteiger partial charge in [-0.15, -0.1) is 0 Å². The molecule has 2 aromatic carbocycles. The van der Waals surface area contributed by atoms with Crippen LogP contribution >= 0.6 is 11.7 Å². The molecule has 2 heterocycles. The maximum atomic E-state index is 13.0. The summed E-state index contributed by atoms with van der Waals surface area (Å²) in [5.41, 5.74) is 2.29. The van der Waals surface area contributed by atoms with E-state index >= 15 is 0 Å². The molecule has 3 aromatic rings. The number of hydrogen-bond acceptors (Lipinski definition) is 5. The largest absolute Gasteiger partial charge is 0.329 e. The first-order valence-electron chi connectivity index (χ1n) is 8.91. The molecule has 0 spiro atoms. The first-order chi connectivity index (χ1) is 13.1. The molecular formula is C19H21N4O2S2+. The molecule has 6 nitrogen and oxygen atoms in total. The van der Waals surface area contributed by atoms with Crippen LogP contribution in [-0.4, -0.2) is 54.2 Å². The fraction of sp³-hybridized carbons (Fsp3) is 0.263. The lowest BCUT2D eigenvalue weighted by Gasteiger charge is -2.31. The third-order valence-electron chi connectivity index (χ3n) is 4.81. The number of benzene rings is 2. The van der Waals surface area contributed by atoms with E-state index in [1.165, 1.54) is 10.5 Å². The van der Waals surface area contributed by atoms with Crippen molar-refractivity contribution in [3.8, 4) is 0 Å². The van der Waals surface area contributed by atoms with Gasteiger partial charge in [0.05, 0.1) is 44.5 Å². The highest BCUT2D eigenvalue weighted by Crippen LogP contribution is 2.24. The summed E-state index contributed by atoms with van der Waals surface area (Å²) < 4.78 is 36.0. The van der Waals surface area contributed by atoms with Gasteiger partial charge < -0.3 is 4.90 Å². The van der Waals surface area contributed by atoms with Crippen LogP contribution in [0.1, 0.15) is 5.56 Å². The van der Waals surface area contributed by atoms with Gasteiger partial charge in [-0.05, 0) is 23.8 Å². The van der Waals surface area contributed by atoms with E-state index in [0.717, 1.165) is 31.4 Å². The number of rotatable bonds is 5. The molecule has 0 saturated carbocycles. The number of sulfonamides is 1. The molecule has 1 saturated heterocycles. The second kappa shape index (κ2) is 7.85. The summed E-state index contributed by atoms with van der Waals surface area (Å²) in [5, 5.41) is 0. The molecule has 1 aliphatic heterocycles. The molecular weight excluding hydrogens is 380 g/mol. The lowest BCUT2D eigenvalue weighted by atomic mass is 10.2. The Labute approximate surface area is 163 Å². The van der Waals surface area contributed by atoms with E-state index in [9.17, 15) is 8.42 Å². The predicted molar refractivity (Wildman–Crippen MR) is 107 cm³/mol. The zero-order valence-electron chi connectivity index (χ0n) is 14.8. The Morgan fingerprint density at radius 2 is 1.81 bits per heavy atom. The van der Waals surface area contributed by atoms with Crippen LogP contribution in [0.15, 0.2) is 59.5 Å². The average Bonchev–Trinajstić information content (AvgIpc) is 3.18. The Hall–Kier alpha value is -2.13. The summed E-state index contributed by atoms with van der Waals surface area (Å²) in [6.07, 6.45) is 4.28. The lowest BCUT2D eigenvalue weighted by molar-refractivity contribution is -0.897. The molecule has 140 valence electrons. The van der Waals surface area contributed by atoms with E-state index in [4.69, 9.17) is 0 Å². The number of fused-ring (bicyclic) bond motifs is 1. The van der Waals surface area contributed by atoms with Crippen molar-refractivity contribution >= 4 is 38.9 Å². The van der Waals surface area contributed by atoms with Gasteiger partial charge in [0.1, 0.15) is 15.9 Å². The fourth-order valence-corrected chi connectivity index (χ4v) is 5.50. The summed E-state index contributed by atoms with van der Waals surface area (Å²) in [6.45, 7) is 3.53.